The van der Waals surface area contributed by atoms with Crippen molar-refractivity contribution in [2.45, 2.75) is 17.5 Å². The Hall–Kier alpha value is -4.75. The Bertz CT molecular complexity index is 1720. The van der Waals surface area contributed by atoms with Gasteiger partial charge in [-0.2, -0.15) is 0 Å². The lowest BCUT2D eigenvalue weighted by atomic mass is 9.58. The molecule has 4 aromatic rings. The average molecular weight is 544 g/mol. The molecule has 3 heterocycles. The molecule has 41 heavy (non-hydrogen) atoms. The molecule has 7 rings (SSSR count). The van der Waals surface area contributed by atoms with Crippen LogP contribution in [0.5, 0.6) is 5.75 Å². The first-order chi connectivity index (χ1) is 19.9. The third kappa shape index (κ3) is 3.21. The number of anilines is 2. The van der Waals surface area contributed by atoms with Crippen molar-refractivity contribution in [3.8, 4) is 5.75 Å². The normalized spacial score (nSPS) is 24.5. The Balaban J connectivity index is 1.49. The molecule has 1 saturated heterocycles. The molecule has 2 amide bonds. The number of likely N-dealkylation sites (N-methyl/N-ethyl adjacent to an activating group) is 1. The van der Waals surface area contributed by atoms with Crippen LogP contribution < -0.4 is 15.0 Å². The van der Waals surface area contributed by atoms with Crippen LogP contribution in [-0.4, -0.2) is 43.2 Å². The zero-order valence-electron chi connectivity index (χ0n) is 22.8. The summed E-state index contributed by atoms with van der Waals surface area (Å²) in [7, 11) is 3.41. The van der Waals surface area contributed by atoms with E-state index in [1.165, 1.54) is 0 Å². The Morgan fingerprint density at radius 1 is 0.902 bits per heavy atom. The van der Waals surface area contributed by atoms with Crippen LogP contribution in [0.1, 0.15) is 27.0 Å². The van der Waals surface area contributed by atoms with Gasteiger partial charge in [0, 0.05) is 29.0 Å². The highest BCUT2D eigenvalue weighted by atomic mass is 16.5. The third-order valence-electron chi connectivity index (χ3n) is 9.07. The van der Waals surface area contributed by atoms with Gasteiger partial charge in [0.1, 0.15) is 16.7 Å². The molecular formula is C34H29N3O4. The Kier molecular flexibility index (Phi) is 5.63. The van der Waals surface area contributed by atoms with Crippen LogP contribution in [0, 0.1) is 5.92 Å². The Morgan fingerprint density at radius 2 is 1.61 bits per heavy atom. The Morgan fingerprint density at radius 3 is 2.39 bits per heavy atom. The van der Waals surface area contributed by atoms with Gasteiger partial charge in [-0.3, -0.25) is 19.3 Å². The van der Waals surface area contributed by atoms with Crippen LogP contribution in [-0.2, 0) is 27.1 Å². The van der Waals surface area contributed by atoms with Gasteiger partial charge in [0.15, 0.2) is 5.78 Å². The van der Waals surface area contributed by atoms with E-state index in [0.29, 0.717) is 29.1 Å². The first-order valence-electron chi connectivity index (χ1n) is 13.7. The van der Waals surface area contributed by atoms with Gasteiger partial charge in [0.05, 0.1) is 19.6 Å². The molecule has 204 valence electrons. The standard InChI is InChI=1S/C34H29N3O4/c1-36-21-27(30(38)23-13-10-14-24(19-23)41-2)33(25-15-6-8-17-28(25)35-31(33)39)34(36)26-16-7-9-18-29(26)37(32(34)40)20-22-11-4-3-5-12-22/h3-19,27H,20-21H2,1-2H3,(H,35,39)/t27-,33+,34+/m0/s1. The maximum Gasteiger partial charge on any atom is 0.254 e. The number of likely N-dealkylation sites (tertiary alicyclic amines) is 1. The number of nitrogens with zero attached hydrogens (tertiary/aromatic N) is 2. The van der Waals surface area contributed by atoms with Gasteiger partial charge < -0.3 is 15.0 Å². The van der Waals surface area contributed by atoms with Crippen molar-refractivity contribution in [3.05, 3.63) is 125 Å². The van der Waals surface area contributed by atoms with Crippen molar-refractivity contribution in [3.63, 3.8) is 0 Å². The number of carbonyl (C=O) groups excluding carboxylic acids is 3. The molecule has 0 aliphatic carbocycles. The summed E-state index contributed by atoms with van der Waals surface area (Å²) in [5.74, 6) is -1.03. The van der Waals surface area contributed by atoms with Crippen molar-refractivity contribution < 1.29 is 19.1 Å². The molecule has 4 aromatic carbocycles. The highest BCUT2D eigenvalue weighted by Crippen LogP contribution is 2.65. The van der Waals surface area contributed by atoms with E-state index in [1.807, 2.05) is 90.8 Å². The number of methoxy groups -OCH3 is 1. The lowest BCUT2D eigenvalue weighted by molar-refractivity contribution is -0.138. The van der Waals surface area contributed by atoms with E-state index in [4.69, 9.17) is 4.74 Å². The van der Waals surface area contributed by atoms with Crippen molar-refractivity contribution >= 4 is 29.0 Å². The zero-order valence-corrected chi connectivity index (χ0v) is 22.8. The molecule has 2 spiro atoms. The summed E-state index contributed by atoms with van der Waals surface area (Å²) in [5, 5.41) is 3.06. The lowest BCUT2D eigenvalue weighted by Crippen LogP contribution is -2.63. The van der Waals surface area contributed by atoms with Gasteiger partial charge in [0.2, 0.25) is 5.91 Å². The topological polar surface area (TPSA) is 79.0 Å². The lowest BCUT2D eigenvalue weighted by Gasteiger charge is -2.43. The largest absolute Gasteiger partial charge is 0.497 e. The van der Waals surface area contributed by atoms with Crippen LogP contribution in [0.25, 0.3) is 0 Å². The molecule has 3 aliphatic heterocycles. The fraction of sp³-hybridized carbons (Fsp3) is 0.206. The van der Waals surface area contributed by atoms with E-state index in [2.05, 4.69) is 5.32 Å². The smallest absolute Gasteiger partial charge is 0.254 e. The molecular weight excluding hydrogens is 514 g/mol. The number of carbonyl (C=O) groups is 3. The van der Waals surface area contributed by atoms with E-state index < -0.39 is 16.9 Å². The number of para-hydroxylation sites is 2. The number of fused-ring (bicyclic) bond motifs is 5. The molecule has 0 unspecified atom stereocenters. The van der Waals surface area contributed by atoms with E-state index in [0.717, 1.165) is 16.8 Å². The molecule has 1 N–H and O–H groups in total. The van der Waals surface area contributed by atoms with E-state index in [1.54, 1.807) is 36.3 Å². The molecule has 0 radical (unpaired) electrons. The third-order valence-corrected chi connectivity index (χ3v) is 9.07. The highest BCUT2D eigenvalue weighted by Gasteiger charge is 2.78. The predicted molar refractivity (Wildman–Crippen MR) is 156 cm³/mol. The zero-order chi connectivity index (χ0) is 28.4. The van der Waals surface area contributed by atoms with Crippen molar-refractivity contribution in [2.75, 3.05) is 30.9 Å². The monoisotopic (exact) mass is 543 g/mol. The number of amides is 2. The maximum absolute atomic E-state index is 15.1. The number of nitrogens with one attached hydrogen (secondary N) is 1. The van der Waals surface area contributed by atoms with E-state index in [9.17, 15) is 9.59 Å². The number of rotatable bonds is 5. The summed E-state index contributed by atoms with van der Waals surface area (Å²) in [4.78, 5) is 47.9. The summed E-state index contributed by atoms with van der Waals surface area (Å²) < 4.78 is 5.41. The summed E-state index contributed by atoms with van der Waals surface area (Å²) in [6.45, 7) is 0.567. The second kappa shape index (κ2) is 9.14. The van der Waals surface area contributed by atoms with Crippen molar-refractivity contribution in [1.82, 2.24) is 4.90 Å². The van der Waals surface area contributed by atoms with Crippen LogP contribution >= 0.6 is 0 Å². The number of Topliss-reactive ketones (excluding diaryl/α,β-unsaturated/α-hetero) is 1. The average Bonchev–Trinajstić information content (AvgIpc) is 3.56. The van der Waals surface area contributed by atoms with Crippen LogP contribution in [0.4, 0.5) is 11.4 Å². The minimum atomic E-state index is -1.50. The van der Waals surface area contributed by atoms with Gasteiger partial charge in [-0.05, 0) is 42.4 Å². The fourth-order valence-corrected chi connectivity index (χ4v) is 7.45. The quantitative estimate of drug-likeness (QED) is 0.367. The number of ether oxygens (including phenoxy) is 1. The minimum Gasteiger partial charge on any atom is -0.497 e. The summed E-state index contributed by atoms with van der Waals surface area (Å²) in [5.41, 5.74) is 1.25. The first-order valence-corrected chi connectivity index (χ1v) is 13.7. The van der Waals surface area contributed by atoms with Gasteiger partial charge in [0.25, 0.3) is 5.91 Å². The molecule has 0 saturated carbocycles. The van der Waals surface area contributed by atoms with Gasteiger partial charge in [-0.25, -0.2) is 0 Å². The van der Waals surface area contributed by atoms with Crippen LogP contribution in [0.2, 0.25) is 0 Å². The molecule has 0 aromatic heterocycles. The van der Waals surface area contributed by atoms with Crippen molar-refractivity contribution in [1.29, 1.82) is 0 Å². The SMILES string of the molecule is COc1cccc(C(=O)[C@@H]2CN(C)[C@]3(C(=O)N(Cc4ccccc4)c4ccccc43)[C@@]23C(=O)Nc2ccccc23)c1. The maximum atomic E-state index is 15.1. The number of benzene rings is 4. The van der Waals surface area contributed by atoms with Gasteiger partial charge in [-0.15, -0.1) is 0 Å². The molecule has 7 nitrogen and oxygen atoms in total. The van der Waals surface area contributed by atoms with E-state index in [-0.39, 0.29) is 24.1 Å². The molecule has 3 atom stereocenters. The molecule has 1 fully saturated rings. The molecule has 3 aliphatic rings. The fourth-order valence-electron chi connectivity index (χ4n) is 7.45. The molecule has 0 bridgehead atoms. The van der Waals surface area contributed by atoms with Gasteiger partial charge >= 0.3 is 0 Å². The summed E-state index contributed by atoms with van der Waals surface area (Å²) in [6, 6.07) is 31.9. The van der Waals surface area contributed by atoms with Gasteiger partial charge in [-0.1, -0.05) is 78.9 Å². The highest BCUT2D eigenvalue weighted by molar-refractivity contribution is 6.21. The van der Waals surface area contributed by atoms with Crippen LogP contribution in [0.3, 0.4) is 0 Å². The van der Waals surface area contributed by atoms with Crippen molar-refractivity contribution in [2.24, 2.45) is 5.92 Å². The summed E-state index contributed by atoms with van der Waals surface area (Å²) in [6.07, 6.45) is 0. The number of hydrogen-bond acceptors (Lipinski definition) is 5. The Labute approximate surface area is 238 Å². The summed E-state index contributed by atoms with van der Waals surface area (Å²) >= 11 is 0. The number of hydrogen-bond donors (Lipinski definition) is 1. The second-order valence-corrected chi connectivity index (χ2v) is 10.9. The van der Waals surface area contributed by atoms with Crippen LogP contribution in [0.15, 0.2) is 103 Å². The van der Waals surface area contributed by atoms with E-state index >= 15 is 4.79 Å². The predicted octanol–water partition coefficient (Wildman–Crippen LogP) is 4.77. The minimum absolute atomic E-state index is 0.203. The second-order valence-electron chi connectivity index (χ2n) is 10.9. The number of ketones is 1. The molecule has 7 heteroatoms. The first kappa shape index (κ1) is 25.2.